The van der Waals surface area contributed by atoms with Gasteiger partial charge < -0.3 is 29.4 Å². The first kappa shape index (κ1) is 24.2. The number of amides is 1. The van der Waals surface area contributed by atoms with E-state index < -0.39 is 41.9 Å². The molecule has 1 aliphatic heterocycles. The molecule has 2 fully saturated rings. The monoisotopic (exact) mass is 453 g/mol. The summed E-state index contributed by atoms with van der Waals surface area (Å²) in [6.07, 6.45) is 8.90. The van der Waals surface area contributed by atoms with Gasteiger partial charge in [-0.2, -0.15) is 0 Å². The van der Waals surface area contributed by atoms with E-state index in [0.717, 1.165) is 57.8 Å². The summed E-state index contributed by atoms with van der Waals surface area (Å²) in [6, 6.07) is 0. The molecule has 9 heteroatoms. The molecule has 0 saturated heterocycles. The Labute approximate surface area is 188 Å². The number of carbonyl (C=O) groups excluding carboxylic acids is 2. The maximum Gasteiger partial charge on any atom is 0.410 e. The van der Waals surface area contributed by atoms with E-state index in [1.807, 2.05) is 6.92 Å². The Morgan fingerprint density at radius 3 is 2.31 bits per heavy atom. The van der Waals surface area contributed by atoms with Crippen LogP contribution in [0, 0.1) is 17.3 Å². The number of hydrogen-bond acceptors (Lipinski definition) is 7. The number of aliphatic carboxylic acids is 1. The summed E-state index contributed by atoms with van der Waals surface area (Å²) in [6.45, 7) is 2.07. The summed E-state index contributed by atoms with van der Waals surface area (Å²) < 4.78 is 21.8. The van der Waals surface area contributed by atoms with Gasteiger partial charge in [0.1, 0.15) is 18.4 Å². The fourth-order valence-electron chi connectivity index (χ4n) is 5.00. The number of carboxylic acid groups (broad SMARTS) is 1. The van der Waals surface area contributed by atoms with Crippen LogP contribution in [0.2, 0.25) is 0 Å². The SMILES string of the molecule is CCC(C(=O)OC(OC(=O)NCC1(CC(=O)O)CCCCC1)C1CCCC1)C1OC=CO1. The van der Waals surface area contributed by atoms with Crippen molar-refractivity contribution in [2.45, 2.75) is 90.1 Å². The molecule has 3 rings (SSSR count). The van der Waals surface area contributed by atoms with Gasteiger partial charge in [0.15, 0.2) is 0 Å². The van der Waals surface area contributed by atoms with E-state index in [2.05, 4.69) is 5.32 Å². The predicted molar refractivity (Wildman–Crippen MR) is 113 cm³/mol. The van der Waals surface area contributed by atoms with E-state index in [1.54, 1.807) is 0 Å². The Bertz CT molecular complexity index is 673. The van der Waals surface area contributed by atoms with Crippen molar-refractivity contribution in [2.75, 3.05) is 6.54 Å². The third-order valence-corrected chi connectivity index (χ3v) is 6.84. The maximum atomic E-state index is 12.8. The molecular formula is C23H35NO8. The third-order valence-electron chi connectivity index (χ3n) is 6.84. The zero-order valence-corrected chi connectivity index (χ0v) is 18.8. The molecule has 0 aromatic carbocycles. The Kier molecular flexibility index (Phi) is 8.64. The van der Waals surface area contributed by atoms with E-state index >= 15 is 0 Å². The van der Waals surface area contributed by atoms with E-state index in [0.29, 0.717) is 6.42 Å². The number of rotatable bonds is 10. The Hall–Kier alpha value is -2.45. The Morgan fingerprint density at radius 1 is 1.06 bits per heavy atom. The first-order chi connectivity index (χ1) is 15.4. The molecule has 2 aliphatic carbocycles. The van der Waals surface area contributed by atoms with Gasteiger partial charge in [-0.05, 0) is 37.5 Å². The van der Waals surface area contributed by atoms with Crippen molar-refractivity contribution in [1.29, 1.82) is 0 Å². The van der Waals surface area contributed by atoms with Gasteiger partial charge in [0.25, 0.3) is 12.6 Å². The fraction of sp³-hybridized carbons (Fsp3) is 0.783. The van der Waals surface area contributed by atoms with Gasteiger partial charge in [0.2, 0.25) is 0 Å². The molecule has 9 nitrogen and oxygen atoms in total. The number of carboxylic acids is 1. The van der Waals surface area contributed by atoms with Crippen LogP contribution in [0.4, 0.5) is 4.79 Å². The van der Waals surface area contributed by atoms with Crippen molar-refractivity contribution in [1.82, 2.24) is 5.32 Å². The van der Waals surface area contributed by atoms with Crippen LogP contribution in [0.3, 0.4) is 0 Å². The van der Waals surface area contributed by atoms with Crippen LogP contribution in [0.25, 0.3) is 0 Å². The zero-order chi connectivity index (χ0) is 23.0. The number of carbonyl (C=O) groups is 3. The second-order valence-corrected chi connectivity index (χ2v) is 9.17. The molecule has 0 radical (unpaired) electrons. The Morgan fingerprint density at radius 2 is 1.72 bits per heavy atom. The minimum absolute atomic E-state index is 0.0158. The lowest BCUT2D eigenvalue weighted by atomic mass is 9.72. The van der Waals surface area contributed by atoms with E-state index in [4.69, 9.17) is 18.9 Å². The molecule has 1 amide bonds. The van der Waals surface area contributed by atoms with Gasteiger partial charge in [0.05, 0.1) is 6.42 Å². The zero-order valence-electron chi connectivity index (χ0n) is 18.8. The lowest BCUT2D eigenvalue weighted by Crippen LogP contribution is -2.43. The molecular weight excluding hydrogens is 418 g/mol. The lowest BCUT2D eigenvalue weighted by molar-refractivity contribution is -0.192. The quantitative estimate of drug-likeness (QED) is 0.375. The van der Waals surface area contributed by atoms with Gasteiger partial charge in [-0.3, -0.25) is 9.59 Å². The molecule has 32 heavy (non-hydrogen) atoms. The van der Waals surface area contributed by atoms with Crippen molar-refractivity contribution >= 4 is 18.0 Å². The number of alkyl carbamates (subject to hydrolysis) is 1. The summed E-state index contributed by atoms with van der Waals surface area (Å²) >= 11 is 0. The van der Waals surface area contributed by atoms with Crippen molar-refractivity contribution in [3.05, 3.63) is 12.5 Å². The number of esters is 1. The first-order valence-corrected chi connectivity index (χ1v) is 11.8. The van der Waals surface area contributed by atoms with Crippen LogP contribution in [-0.2, 0) is 28.5 Å². The Balaban J connectivity index is 1.58. The fourth-order valence-corrected chi connectivity index (χ4v) is 5.00. The molecule has 0 aromatic heterocycles. The number of hydrogen-bond donors (Lipinski definition) is 2. The highest BCUT2D eigenvalue weighted by Gasteiger charge is 2.39. The smallest absolute Gasteiger partial charge is 0.410 e. The second-order valence-electron chi connectivity index (χ2n) is 9.17. The molecule has 1 heterocycles. The van der Waals surface area contributed by atoms with Crippen LogP contribution < -0.4 is 5.32 Å². The summed E-state index contributed by atoms with van der Waals surface area (Å²) in [5.74, 6) is -2.09. The average Bonchev–Trinajstić information content (AvgIpc) is 3.47. The van der Waals surface area contributed by atoms with Gasteiger partial charge >= 0.3 is 18.0 Å². The number of ether oxygens (including phenoxy) is 4. The van der Waals surface area contributed by atoms with E-state index in [1.165, 1.54) is 12.5 Å². The summed E-state index contributed by atoms with van der Waals surface area (Å²) in [5, 5.41) is 12.1. The van der Waals surface area contributed by atoms with Crippen LogP contribution in [0.15, 0.2) is 12.5 Å². The third kappa shape index (κ3) is 6.53. The van der Waals surface area contributed by atoms with Crippen molar-refractivity contribution in [3.8, 4) is 0 Å². The maximum absolute atomic E-state index is 12.8. The molecule has 2 unspecified atom stereocenters. The first-order valence-electron chi connectivity index (χ1n) is 11.8. The highest BCUT2D eigenvalue weighted by atomic mass is 16.7. The highest BCUT2D eigenvalue weighted by Crippen LogP contribution is 2.39. The molecule has 3 aliphatic rings. The molecule has 2 saturated carbocycles. The van der Waals surface area contributed by atoms with Gasteiger partial charge in [-0.1, -0.05) is 39.0 Å². The summed E-state index contributed by atoms with van der Waals surface area (Å²) in [5.41, 5.74) is -0.458. The van der Waals surface area contributed by atoms with Gasteiger partial charge in [-0.25, -0.2) is 4.79 Å². The topological polar surface area (TPSA) is 120 Å². The lowest BCUT2D eigenvalue weighted by Gasteiger charge is -2.36. The molecule has 2 atom stereocenters. The van der Waals surface area contributed by atoms with Crippen LogP contribution in [-0.4, -0.2) is 42.3 Å². The second kappa shape index (κ2) is 11.4. The standard InChI is InChI=1S/C23H35NO8/c1-2-17(21-29-12-13-30-21)19(27)31-20(16-8-4-5-9-16)32-22(28)24-15-23(14-18(25)26)10-6-3-7-11-23/h12-13,16-17,20-21H,2-11,14-15H2,1H3,(H,24,28)(H,25,26). The van der Waals surface area contributed by atoms with Crippen LogP contribution >= 0.6 is 0 Å². The van der Waals surface area contributed by atoms with E-state index in [-0.39, 0.29) is 18.9 Å². The summed E-state index contributed by atoms with van der Waals surface area (Å²) in [4.78, 5) is 36.8. The number of nitrogens with one attached hydrogen (secondary N) is 1. The van der Waals surface area contributed by atoms with Crippen molar-refractivity contribution < 1.29 is 38.4 Å². The minimum Gasteiger partial charge on any atom is -0.481 e. The predicted octanol–water partition coefficient (Wildman–Crippen LogP) is 4.07. The van der Waals surface area contributed by atoms with Gasteiger partial charge in [0, 0.05) is 12.5 Å². The normalized spacial score (nSPS) is 22.4. The van der Waals surface area contributed by atoms with Gasteiger partial charge in [-0.15, -0.1) is 0 Å². The molecule has 0 bridgehead atoms. The summed E-state index contributed by atoms with van der Waals surface area (Å²) in [7, 11) is 0. The molecule has 180 valence electrons. The molecule has 0 aromatic rings. The van der Waals surface area contributed by atoms with E-state index in [9.17, 15) is 19.5 Å². The van der Waals surface area contributed by atoms with Crippen molar-refractivity contribution in [2.24, 2.45) is 17.3 Å². The van der Waals surface area contributed by atoms with Crippen LogP contribution in [0.1, 0.15) is 77.6 Å². The molecule has 2 N–H and O–H groups in total. The molecule has 0 spiro atoms. The van der Waals surface area contributed by atoms with Crippen LogP contribution in [0.5, 0.6) is 0 Å². The average molecular weight is 454 g/mol. The minimum atomic E-state index is -0.991. The van der Waals surface area contributed by atoms with Crippen molar-refractivity contribution in [3.63, 3.8) is 0 Å². The largest absolute Gasteiger partial charge is 0.481 e. The highest BCUT2D eigenvalue weighted by molar-refractivity contribution is 5.73.